The fourth-order valence-corrected chi connectivity index (χ4v) is 2.24. The van der Waals surface area contributed by atoms with Crippen molar-refractivity contribution in [2.75, 3.05) is 0 Å². The molecule has 2 aromatic rings. The molecule has 0 aliphatic heterocycles. The molecule has 0 saturated carbocycles. The maximum atomic E-state index is 11.3. The van der Waals surface area contributed by atoms with Crippen LogP contribution in [0.1, 0.15) is 48.6 Å². The fraction of sp³-hybridized carbons (Fsp3) is 0.400. The van der Waals surface area contributed by atoms with Crippen LogP contribution in [0.3, 0.4) is 0 Å². The monoisotopic (exact) mass is 273 g/mol. The van der Waals surface area contributed by atoms with Crippen LogP contribution in [0.2, 0.25) is 0 Å². The van der Waals surface area contributed by atoms with E-state index in [4.69, 9.17) is 0 Å². The number of aromatic carboxylic acids is 1. The zero-order chi connectivity index (χ0) is 14.7. The SMILES string of the molecule is CC(C)Cc1c(C(=O)O)nnn1C(C)c1ccccc1. The third kappa shape index (κ3) is 2.87. The molecule has 0 spiro atoms. The first-order chi connectivity index (χ1) is 9.50. The first-order valence-corrected chi connectivity index (χ1v) is 6.73. The minimum absolute atomic E-state index is 0.0365. The average molecular weight is 273 g/mol. The van der Waals surface area contributed by atoms with Gasteiger partial charge in [0, 0.05) is 0 Å². The second-order valence-corrected chi connectivity index (χ2v) is 5.32. The van der Waals surface area contributed by atoms with E-state index < -0.39 is 5.97 Å². The molecular weight excluding hydrogens is 254 g/mol. The summed E-state index contributed by atoms with van der Waals surface area (Å²) in [5.74, 6) is -0.680. The highest BCUT2D eigenvalue weighted by atomic mass is 16.4. The van der Waals surface area contributed by atoms with Gasteiger partial charge in [0.05, 0.1) is 11.7 Å². The fourth-order valence-electron chi connectivity index (χ4n) is 2.24. The van der Waals surface area contributed by atoms with E-state index in [1.165, 1.54) is 0 Å². The molecule has 0 aliphatic rings. The van der Waals surface area contributed by atoms with Gasteiger partial charge in [-0.1, -0.05) is 49.4 Å². The van der Waals surface area contributed by atoms with E-state index in [1.807, 2.05) is 37.3 Å². The number of carboxylic acids is 1. The summed E-state index contributed by atoms with van der Waals surface area (Å²) >= 11 is 0. The van der Waals surface area contributed by atoms with Crippen LogP contribution in [0.5, 0.6) is 0 Å². The molecule has 106 valence electrons. The lowest BCUT2D eigenvalue weighted by molar-refractivity contribution is 0.0689. The molecule has 2 rings (SSSR count). The second-order valence-electron chi connectivity index (χ2n) is 5.32. The summed E-state index contributed by atoms with van der Waals surface area (Å²) in [6.07, 6.45) is 0.645. The number of aromatic nitrogens is 3. The molecule has 0 aliphatic carbocycles. The largest absolute Gasteiger partial charge is 0.476 e. The number of carbonyl (C=O) groups is 1. The molecule has 5 heteroatoms. The van der Waals surface area contributed by atoms with Crippen molar-refractivity contribution in [1.82, 2.24) is 15.0 Å². The molecule has 1 N–H and O–H groups in total. The smallest absolute Gasteiger partial charge is 0.358 e. The molecular formula is C15H19N3O2. The molecule has 0 fully saturated rings. The molecule has 1 atom stereocenters. The Morgan fingerprint density at radius 1 is 1.25 bits per heavy atom. The summed E-state index contributed by atoms with van der Waals surface area (Å²) in [4.78, 5) is 11.3. The van der Waals surface area contributed by atoms with Gasteiger partial charge in [0.25, 0.3) is 0 Å². The van der Waals surface area contributed by atoms with Gasteiger partial charge in [0.2, 0.25) is 0 Å². The van der Waals surface area contributed by atoms with Crippen molar-refractivity contribution >= 4 is 5.97 Å². The van der Waals surface area contributed by atoms with Crippen LogP contribution < -0.4 is 0 Å². The highest BCUT2D eigenvalue weighted by Crippen LogP contribution is 2.21. The predicted molar refractivity (Wildman–Crippen MR) is 75.8 cm³/mol. The first-order valence-electron chi connectivity index (χ1n) is 6.73. The van der Waals surface area contributed by atoms with Crippen LogP contribution in [-0.2, 0) is 6.42 Å². The van der Waals surface area contributed by atoms with Gasteiger partial charge in [0.1, 0.15) is 0 Å². The molecule has 1 aromatic heterocycles. The van der Waals surface area contributed by atoms with Crippen LogP contribution in [0.25, 0.3) is 0 Å². The molecule has 5 nitrogen and oxygen atoms in total. The Morgan fingerprint density at radius 3 is 2.45 bits per heavy atom. The van der Waals surface area contributed by atoms with Crippen LogP contribution in [0, 0.1) is 5.92 Å². The lowest BCUT2D eigenvalue weighted by Crippen LogP contribution is -2.15. The van der Waals surface area contributed by atoms with Gasteiger partial charge in [-0.2, -0.15) is 0 Å². The Balaban J connectivity index is 2.43. The number of benzene rings is 1. The van der Waals surface area contributed by atoms with Gasteiger partial charge in [-0.25, -0.2) is 9.48 Å². The third-order valence-corrected chi connectivity index (χ3v) is 3.24. The van der Waals surface area contributed by atoms with E-state index in [0.29, 0.717) is 18.0 Å². The van der Waals surface area contributed by atoms with Gasteiger partial charge < -0.3 is 5.11 Å². The van der Waals surface area contributed by atoms with E-state index >= 15 is 0 Å². The van der Waals surface area contributed by atoms with Crippen LogP contribution >= 0.6 is 0 Å². The molecule has 1 aromatic carbocycles. The van der Waals surface area contributed by atoms with Crippen molar-refractivity contribution in [1.29, 1.82) is 0 Å². The van der Waals surface area contributed by atoms with Crippen molar-refractivity contribution < 1.29 is 9.90 Å². The number of rotatable bonds is 5. The van der Waals surface area contributed by atoms with E-state index in [9.17, 15) is 9.90 Å². The Bertz CT molecular complexity index is 590. The Hall–Kier alpha value is -2.17. The summed E-state index contributed by atoms with van der Waals surface area (Å²) in [6.45, 7) is 6.10. The third-order valence-electron chi connectivity index (χ3n) is 3.24. The highest BCUT2D eigenvalue weighted by molar-refractivity contribution is 5.86. The van der Waals surface area contributed by atoms with Crippen LogP contribution in [0.4, 0.5) is 0 Å². The van der Waals surface area contributed by atoms with E-state index in [-0.39, 0.29) is 11.7 Å². The lowest BCUT2D eigenvalue weighted by atomic mass is 10.0. The Kier molecular flexibility index (Phi) is 4.17. The zero-order valence-electron chi connectivity index (χ0n) is 11.9. The first kappa shape index (κ1) is 14.2. The van der Waals surface area contributed by atoms with Crippen molar-refractivity contribution in [3.63, 3.8) is 0 Å². The summed E-state index contributed by atoms with van der Waals surface area (Å²) in [7, 11) is 0. The van der Waals surface area contributed by atoms with Crippen molar-refractivity contribution in [3.05, 3.63) is 47.3 Å². The number of carboxylic acid groups (broad SMARTS) is 1. The molecule has 1 heterocycles. The minimum atomic E-state index is -1.02. The maximum Gasteiger partial charge on any atom is 0.358 e. The Labute approximate surface area is 118 Å². The second kappa shape index (κ2) is 5.86. The summed E-state index contributed by atoms with van der Waals surface area (Å²) in [5.41, 5.74) is 1.82. The van der Waals surface area contributed by atoms with Gasteiger partial charge in [0.15, 0.2) is 5.69 Å². The topological polar surface area (TPSA) is 68.0 Å². The van der Waals surface area contributed by atoms with E-state index in [2.05, 4.69) is 24.2 Å². The Morgan fingerprint density at radius 2 is 1.90 bits per heavy atom. The number of hydrogen-bond donors (Lipinski definition) is 1. The van der Waals surface area contributed by atoms with Gasteiger partial charge in [-0.3, -0.25) is 0 Å². The summed E-state index contributed by atoms with van der Waals surface area (Å²) in [5, 5.41) is 17.1. The van der Waals surface area contributed by atoms with Crippen LogP contribution in [0.15, 0.2) is 30.3 Å². The quantitative estimate of drug-likeness (QED) is 0.909. The molecule has 0 bridgehead atoms. The number of hydrogen-bond acceptors (Lipinski definition) is 3. The highest BCUT2D eigenvalue weighted by Gasteiger charge is 2.22. The van der Waals surface area contributed by atoms with E-state index in [1.54, 1.807) is 4.68 Å². The van der Waals surface area contributed by atoms with Crippen molar-refractivity contribution in [3.8, 4) is 0 Å². The van der Waals surface area contributed by atoms with E-state index in [0.717, 1.165) is 5.56 Å². The molecule has 0 saturated heterocycles. The normalized spacial score (nSPS) is 12.6. The molecule has 0 amide bonds. The standard InChI is InChI=1S/C15H19N3O2/c1-10(2)9-13-14(15(19)20)16-17-18(13)11(3)12-7-5-4-6-8-12/h4-8,10-11H,9H2,1-3H3,(H,19,20). The summed E-state index contributed by atoms with van der Waals surface area (Å²) in [6, 6.07) is 9.85. The zero-order valence-corrected chi connectivity index (χ0v) is 11.9. The van der Waals surface area contributed by atoms with Crippen molar-refractivity contribution in [2.24, 2.45) is 5.92 Å². The maximum absolute atomic E-state index is 11.3. The number of nitrogens with zero attached hydrogens (tertiary/aromatic N) is 3. The van der Waals surface area contributed by atoms with Gasteiger partial charge in [-0.15, -0.1) is 5.10 Å². The molecule has 20 heavy (non-hydrogen) atoms. The predicted octanol–water partition coefficient (Wildman–Crippen LogP) is 2.78. The summed E-state index contributed by atoms with van der Waals surface area (Å²) < 4.78 is 1.72. The van der Waals surface area contributed by atoms with Gasteiger partial charge in [-0.05, 0) is 24.8 Å². The minimum Gasteiger partial charge on any atom is -0.476 e. The molecule has 1 unspecified atom stereocenters. The van der Waals surface area contributed by atoms with Crippen LogP contribution in [-0.4, -0.2) is 26.1 Å². The lowest BCUT2D eigenvalue weighted by Gasteiger charge is -2.16. The van der Waals surface area contributed by atoms with Crippen molar-refractivity contribution in [2.45, 2.75) is 33.2 Å². The van der Waals surface area contributed by atoms with Gasteiger partial charge >= 0.3 is 5.97 Å². The molecule has 0 radical (unpaired) electrons. The average Bonchev–Trinajstić information content (AvgIpc) is 2.82.